The van der Waals surface area contributed by atoms with Gasteiger partial charge in [0.15, 0.2) is 0 Å². The van der Waals surface area contributed by atoms with E-state index in [2.05, 4.69) is 49.6 Å². The highest BCUT2D eigenvalue weighted by molar-refractivity contribution is 5.82. The minimum atomic E-state index is 0.784. The molecule has 0 N–H and O–H groups in total. The van der Waals surface area contributed by atoms with Crippen LogP contribution in [0.3, 0.4) is 0 Å². The molecule has 2 heteroatoms. The monoisotopic (exact) mass is 273 g/mol. The van der Waals surface area contributed by atoms with E-state index in [1.54, 1.807) is 7.11 Å². The molecule has 1 heterocycles. The molecule has 1 atom stereocenters. The van der Waals surface area contributed by atoms with Crippen LogP contribution in [0, 0.1) is 12.8 Å². The molecule has 2 rings (SSSR count). The maximum atomic E-state index is 5.32. The van der Waals surface area contributed by atoms with Crippen molar-refractivity contribution in [1.82, 2.24) is 4.57 Å². The van der Waals surface area contributed by atoms with Gasteiger partial charge in [-0.15, -0.1) is 0 Å². The first kappa shape index (κ1) is 15.0. The molecule has 0 spiro atoms. The van der Waals surface area contributed by atoms with Gasteiger partial charge in [0.1, 0.15) is 5.75 Å². The van der Waals surface area contributed by atoms with Gasteiger partial charge in [-0.3, -0.25) is 0 Å². The molecule has 0 amide bonds. The normalized spacial score (nSPS) is 12.8. The largest absolute Gasteiger partial charge is 0.497 e. The Morgan fingerprint density at radius 1 is 1.20 bits per heavy atom. The predicted octanol–water partition coefficient (Wildman–Crippen LogP) is 5.17. The number of benzene rings is 1. The number of ether oxygens (including phenoxy) is 1. The van der Waals surface area contributed by atoms with E-state index in [4.69, 9.17) is 4.74 Å². The molecule has 110 valence electrons. The van der Waals surface area contributed by atoms with E-state index in [0.29, 0.717) is 0 Å². The Morgan fingerprint density at radius 2 is 2.00 bits per heavy atom. The fourth-order valence-electron chi connectivity index (χ4n) is 2.93. The Hall–Kier alpha value is -1.44. The molecule has 0 saturated carbocycles. The lowest BCUT2D eigenvalue weighted by molar-refractivity contribution is 0.393. The van der Waals surface area contributed by atoms with E-state index in [1.165, 1.54) is 42.3 Å². The molecule has 1 unspecified atom stereocenters. The third kappa shape index (κ3) is 3.17. The number of nitrogens with zero attached hydrogens (tertiary/aromatic N) is 1. The predicted molar refractivity (Wildman–Crippen MR) is 86.5 cm³/mol. The molecule has 2 nitrogen and oxygen atoms in total. The summed E-state index contributed by atoms with van der Waals surface area (Å²) in [4.78, 5) is 0. The summed E-state index contributed by atoms with van der Waals surface area (Å²) in [6.45, 7) is 7.93. The smallest absolute Gasteiger partial charge is 0.119 e. The van der Waals surface area contributed by atoms with Crippen LogP contribution < -0.4 is 4.74 Å². The number of hydrogen-bond donors (Lipinski definition) is 0. The van der Waals surface area contributed by atoms with E-state index >= 15 is 0 Å². The molecule has 0 radical (unpaired) electrons. The second-order valence-corrected chi connectivity index (χ2v) is 5.74. The summed E-state index contributed by atoms with van der Waals surface area (Å²) in [6, 6.07) is 8.65. The molecule has 2 aromatic rings. The first-order valence-corrected chi connectivity index (χ1v) is 7.83. The van der Waals surface area contributed by atoms with Crippen molar-refractivity contribution >= 4 is 10.9 Å². The first-order valence-electron chi connectivity index (χ1n) is 7.83. The number of aromatic nitrogens is 1. The van der Waals surface area contributed by atoms with Gasteiger partial charge in [-0.1, -0.05) is 33.1 Å². The maximum Gasteiger partial charge on any atom is 0.119 e. The summed E-state index contributed by atoms with van der Waals surface area (Å²) in [5.41, 5.74) is 2.68. The number of fused-ring (bicyclic) bond motifs is 1. The van der Waals surface area contributed by atoms with Crippen LogP contribution in [0.1, 0.15) is 45.2 Å². The summed E-state index contributed by atoms with van der Waals surface area (Å²) in [6.07, 6.45) is 5.22. The molecule has 0 fully saturated rings. The Labute approximate surface area is 122 Å². The highest BCUT2D eigenvalue weighted by Crippen LogP contribution is 2.26. The second-order valence-electron chi connectivity index (χ2n) is 5.74. The molecule has 1 aromatic heterocycles. The standard InChI is InChI=1S/C18H27NO/c1-5-7-8-15(6-2)13-19-14(3)11-16-12-17(20-4)9-10-18(16)19/h9-12,15H,5-8,13H2,1-4H3. The molecule has 0 aliphatic rings. The van der Waals surface area contributed by atoms with Gasteiger partial charge < -0.3 is 9.30 Å². The highest BCUT2D eigenvalue weighted by atomic mass is 16.5. The molecule has 0 aliphatic heterocycles. The lowest BCUT2D eigenvalue weighted by Crippen LogP contribution is -2.11. The third-order valence-electron chi connectivity index (χ3n) is 4.30. The summed E-state index contributed by atoms with van der Waals surface area (Å²) in [5.74, 6) is 1.72. The zero-order valence-corrected chi connectivity index (χ0v) is 13.3. The van der Waals surface area contributed by atoms with Crippen LogP contribution in [0.2, 0.25) is 0 Å². The maximum absolute atomic E-state index is 5.32. The average Bonchev–Trinajstić information content (AvgIpc) is 2.78. The van der Waals surface area contributed by atoms with Crippen LogP contribution in [-0.2, 0) is 6.54 Å². The van der Waals surface area contributed by atoms with Gasteiger partial charge in [-0.2, -0.15) is 0 Å². The molecule has 0 saturated heterocycles. The van der Waals surface area contributed by atoms with Crippen LogP contribution >= 0.6 is 0 Å². The van der Waals surface area contributed by atoms with Crippen molar-refractivity contribution < 1.29 is 4.74 Å². The van der Waals surface area contributed by atoms with E-state index in [-0.39, 0.29) is 0 Å². The minimum absolute atomic E-state index is 0.784. The number of rotatable bonds is 7. The molecular formula is C18H27NO. The molecule has 20 heavy (non-hydrogen) atoms. The SMILES string of the molecule is CCCCC(CC)Cn1c(C)cc2cc(OC)ccc21. The highest BCUT2D eigenvalue weighted by Gasteiger charge is 2.12. The average molecular weight is 273 g/mol. The van der Waals surface area contributed by atoms with Gasteiger partial charge >= 0.3 is 0 Å². The zero-order chi connectivity index (χ0) is 14.5. The van der Waals surface area contributed by atoms with Gasteiger partial charge in [-0.05, 0) is 43.5 Å². The quantitative estimate of drug-likeness (QED) is 0.678. The van der Waals surface area contributed by atoms with Crippen molar-refractivity contribution in [3.8, 4) is 5.75 Å². The summed E-state index contributed by atoms with van der Waals surface area (Å²) in [7, 11) is 1.73. The summed E-state index contributed by atoms with van der Waals surface area (Å²) >= 11 is 0. The minimum Gasteiger partial charge on any atom is -0.497 e. The third-order valence-corrected chi connectivity index (χ3v) is 4.30. The summed E-state index contributed by atoms with van der Waals surface area (Å²) < 4.78 is 7.79. The Bertz CT molecular complexity index is 556. The van der Waals surface area contributed by atoms with Crippen molar-refractivity contribution in [1.29, 1.82) is 0 Å². The number of hydrogen-bond acceptors (Lipinski definition) is 1. The fraction of sp³-hybridized carbons (Fsp3) is 0.556. The van der Waals surface area contributed by atoms with Crippen molar-refractivity contribution in [3.05, 3.63) is 30.0 Å². The van der Waals surface area contributed by atoms with E-state index in [9.17, 15) is 0 Å². The van der Waals surface area contributed by atoms with Crippen LogP contribution in [0.4, 0.5) is 0 Å². The topological polar surface area (TPSA) is 14.2 Å². The Balaban J connectivity index is 2.26. The van der Waals surface area contributed by atoms with Crippen LogP contribution in [-0.4, -0.2) is 11.7 Å². The van der Waals surface area contributed by atoms with Crippen molar-refractivity contribution in [3.63, 3.8) is 0 Å². The Morgan fingerprint density at radius 3 is 2.65 bits per heavy atom. The van der Waals surface area contributed by atoms with Gasteiger partial charge in [0.25, 0.3) is 0 Å². The van der Waals surface area contributed by atoms with Crippen LogP contribution in [0.15, 0.2) is 24.3 Å². The van der Waals surface area contributed by atoms with Crippen LogP contribution in [0.25, 0.3) is 10.9 Å². The van der Waals surface area contributed by atoms with Gasteiger partial charge in [-0.25, -0.2) is 0 Å². The number of aryl methyl sites for hydroxylation is 1. The fourth-order valence-corrected chi connectivity index (χ4v) is 2.93. The molecule has 0 aliphatic carbocycles. The molecule has 0 bridgehead atoms. The van der Waals surface area contributed by atoms with E-state index in [0.717, 1.165) is 18.2 Å². The number of methoxy groups -OCH3 is 1. The van der Waals surface area contributed by atoms with E-state index in [1.807, 2.05) is 0 Å². The lowest BCUT2D eigenvalue weighted by Gasteiger charge is -2.18. The van der Waals surface area contributed by atoms with Crippen molar-refractivity contribution in [2.75, 3.05) is 7.11 Å². The van der Waals surface area contributed by atoms with Gasteiger partial charge in [0.05, 0.1) is 7.11 Å². The zero-order valence-electron chi connectivity index (χ0n) is 13.3. The summed E-state index contributed by atoms with van der Waals surface area (Å²) in [5, 5.41) is 1.28. The van der Waals surface area contributed by atoms with Gasteiger partial charge in [0, 0.05) is 23.1 Å². The van der Waals surface area contributed by atoms with Crippen LogP contribution in [0.5, 0.6) is 5.75 Å². The van der Waals surface area contributed by atoms with E-state index < -0.39 is 0 Å². The number of unbranched alkanes of at least 4 members (excludes halogenated alkanes) is 1. The first-order chi connectivity index (χ1) is 9.69. The van der Waals surface area contributed by atoms with Crippen molar-refractivity contribution in [2.45, 2.75) is 53.0 Å². The van der Waals surface area contributed by atoms with Gasteiger partial charge in [0.2, 0.25) is 0 Å². The second kappa shape index (κ2) is 6.83. The Kier molecular flexibility index (Phi) is 5.11. The molecular weight excluding hydrogens is 246 g/mol. The lowest BCUT2D eigenvalue weighted by atomic mass is 9.99. The van der Waals surface area contributed by atoms with Crippen molar-refractivity contribution in [2.24, 2.45) is 5.92 Å². The molecule has 1 aromatic carbocycles.